The maximum atomic E-state index is 14.0. The van der Waals surface area contributed by atoms with Crippen LogP contribution in [0, 0.1) is 5.82 Å². The minimum Gasteiger partial charge on any atom is -0.478 e. The average Bonchev–Trinajstić information content (AvgIpc) is 2.78. The molecule has 20 heavy (non-hydrogen) atoms. The Morgan fingerprint density at radius 3 is 2.60 bits per heavy atom. The Hall–Kier alpha value is -1.22. The molecule has 1 unspecified atom stereocenters. The Kier molecular flexibility index (Phi) is 4.01. The number of halogens is 2. The molecule has 2 N–H and O–H groups in total. The number of carboxylic acids is 1. The van der Waals surface area contributed by atoms with E-state index in [0.717, 1.165) is 16.4 Å². The molecule has 6 nitrogen and oxygen atoms in total. The summed E-state index contributed by atoms with van der Waals surface area (Å²) < 4.78 is 39.4. The molecule has 2 rings (SSSR count). The second-order valence-corrected chi connectivity index (χ2v) is 6.72. The number of aromatic carboxylic acids is 1. The van der Waals surface area contributed by atoms with Crippen LogP contribution < -0.4 is 0 Å². The van der Waals surface area contributed by atoms with Crippen molar-refractivity contribution in [2.75, 3.05) is 13.1 Å². The van der Waals surface area contributed by atoms with Gasteiger partial charge in [-0.2, -0.15) is 4.31 Å². The Morgan fingerprint density at radius 2 is 2.10 bits per heavy atom. The molecular weight excluding hydrogens is 313 g/mol. The molecule has 1 aromatic rings. The fraction of sp³-hybridized carbons (Fsp3) is 0.364. The summed E-state index contributed by atoms with van der Waals surface area (Å²) in [7, 11) is -4.23. The zero-order chi connectivity index (χ0) is 15.1. The van der Waals surface area contributed by atoms with Crippen LogP contribution in [-0.4, -0.2) is 48.1 Å². The quantitative estimate of drug-likeness (QED) is 0.863. The first-order chi connectivity index (χ1) is 9.23. The molecule has 0 bridgehead atoms. The Bertz CT molecular complexity index is 663. The molecule has 1 fully saturated rings. The van der Waals surface area contributed by atoms with Gasteiger partial charge >= 0.3 is 5.97 Å². The summed E-state index contributed by atoms with van der Waals surface area (Å²) >= 11 is 5.65. The highest BCUT2D eigenvalue weighted by atomic mass is 35.5. The highest BCUT2D eigenvalue weighted by molar-refractivity contribution is 7.89. The van der Waals surface area contributed by atoms with Crippen LogP contribution in [0.4, 0.5) is 4.39 Å². The second-order valence-electron chi connectivity index (χ2n) is 4.38. The van der Waals surface area contributed by atoms with Gasteiger partial charge < -0.3 is 10.2 Å². The average molecular weight is 324 g/mol. The molecule has 0 aromatic heterocycles. The lowest BCUT2D eigenvalue weighted by Crippen LogP contribution is -2.30. The monoisotopic (exact) mass is 323 g/mol. The van der Waals surface area contributed by atoms with Crippen molar-refractivity contribution in [3.05, 3.63) is 28.5 Å². The summed E-state index contributed by atoms with van der Waals surface area (Å²) in [5.41, 5.74) is -0.809. The van der Waals surface area contributed by atoms with Crippen molar-refractivity contribution in [1.82, 2.24) is 4.31 Å². The summed E-state index contributed by atoms with van der Waals surface area (Å²) in [4.78, 5) is 10.1. The van der Waals surface area contributed by atoms with Crippen LogP contribution in [0.3, 0.4) is 0 Å². The zero-order valence-electron chi connectivity index (χ0n) is 10.1. The summed E-state index contributed by atoms with van der Waals surface area (Å²) in [5.74, 6) is -2.97. The fourth-order valence-corrected chi connectivity index (χ4v) is 3.86. The molecule has 9 heteroatoms. The van der Waals surface area contributed by atoms with E-state index in [-0.39, 0.29) is 24.5 Å². The summed E-state index contributed by atoms with van der Waals surface area (Å²) in [5, 5.41) is 18.0. The molecule has 1 heterocycles. The van der Waals surface area contributed by atoms with Gasteiger partial charge in [0.15, 0.2) is 5.82 Å². The van der Waals surface area contributed by atoms with Crippen molar-refractivity contribution in [2.24, 2.45) is 0 Å². The Balaban J connectivity index is 2.55. The number of sulfonamides is 1. The predicted molar refractivity (Wildman–Crippen MR) is 67.8 cm³/mol. The molecule has 0 amide bonds. The molecular formula is C11H11ClFNO5S. The fourth-order valence-electron chi connectivity index (χ4n) is 1.98. The van der Waals surface area contributed by atoms with Crippen molar-refractivity contribution >= 4 is 27.6 Å². The van der Waals surface area contributed by atoms with Crippen LogP contribution in [0.2, 0.25) is 5.02 Å². The van der Waals surface area contributed by atoms with Gasteiger partial charge in [-0.05, 0) is 18.6 Å². The molecule has 0 spiro atoms. The molecule has 1 aliphatic heterocycles. The Morgan fingerprint density at radius 1 is 1.45 bits per heavy atom. The number of hydrogen-bond acceptors (Lipinski definition) is 4. The maximum absolute atomic E-state index is 14.0. The van der Waals surface area contributed by atoms with Crippen molar-refractivity contribution in [1.29, 1.82) is 0 Å². The first kappa shape index (κ1) is 15.2. The number of β-amino-alcohol motifs (C(OH)–C–C–N with tert-alkyl or cyclic N) is 1. The summed E-state index contributed by atoms with van der Waals surface area (Å²) in [6.07, 6.45) is -0.571. The second kappa shape index (κ2) is 5.28. The zero-order valence-corrected chi connectivity index (χ0v) is 11.7. The van der Waals surface area contributed by atoms with Gasteiger partial charge in [0.1, 0.15) is 4.90 Å². The molecule has 1 aromatic carbocycles. The van der Waals surface area contributed by atoms with Crippen LogP contribution in [0.25, 0.3) is 0 Å². The van der Waals surface area contributed by atoms with E-state index < -0.39 is 38.4 Å². The van der Waals surface area contributed by atoms with Gasteiger partial charge in [-0.1, -0.05) is 11.6 Å². The number of carbonyl (C=O) groups is 1. The van der Waals surface area contributed by atoms with E-state index in [1.54, 1.807) is 0 Å². The molecule has 1 saturated heterocycles. The lowest BCUT2D eigenvalue weighted by molar-refractivity contribution is 0.0691. The third-order valence-corrected chi connectivity index (χ3v) is 5.06. The van der Waals surface area contributed by atoms with E-state index in [4.69, 9.17) is 16.7 Å². The van der Waals surface area contributed by atoms with Gasteiger partial charge in [-0.25, -0.2) is 17.6 Å². The van der Waals surface area contributed by atoms with Crippen molar-refractivity contribution in [3.63, 3.8) is 0 Å². The number of aliphatic hydroxyl groups is 1. The number of hydrogen-bond donors (Lipinski definition) is 2. The van der Waals surface area contributed by atoms with Crippen LogP contribution in [0.1, 0.15) is 16.8 Å². The SMILES string of the molecule is O=C(O)c1cc(Cl)cc(S(=O)(=O)N2CCC(O)C2)c1F. The normalized spacial score (nSPS) is 20.2. The van der Waals surface area contributed by atoms with E-state index in [0.29, 0.717) is 0 Å². The van der Waals surface area contributed by atoms with Crippen molar-refractivity contribution in [3.8, 4) is 0 Å². The Labute approximate surface area is 119 Å². The lowest BCUT2D eigenvalue weighted by Gasteiger charge is -2.17. The highest BCUT2D eigenvalue weighted by Crippen LogP contribution is 2.28. The first-order valence-corrected chi connectivity index (χ1v) is 7.46. The van der Waals surface area contributed by atoms with Gasteiger partial charge in [0.25, 0.3) is 0 Å². The number of nitrogens with zero attached hydrogens (tertiary/aromatic N) is 1. The van der Waals surface area contributed by atoms with E-state index in [1.165, 1.54) is 0 Å². The maximum Gasteiger partial charge on any atom is 0.338 e. The van der Waals surface area contributed by atoms with E-state index >= 15 is 0 Å². The van der Waals surface area contributed by atoms with Gasteiger partial charge in [0.2, 0.25) is 10.0 Å². The van der Waals surface area contributed by atoms with E-state index in [2.05, 4.69) is 0 Å². The first-order valence-electron chi connectivity index (χ1n) is 5.64. The topological polar surface area (TPSA) is 94.9 Å². The molecule has 0 aliphatic carbocycles. The van der Waals surface area contributed by atoms with Crippen molar-refractivity contribution < 1.29 is 27.8 Å². The van der Waals surface area contributed by atoms with Crippen LogP contribution >= 0.6 is 11.6 Å². The molecule has 1 aliphatic rings. The van der Waals surface area contributed by atoms with Crippen LogP contribution in [0.15, 0.2) is 17.0 Å². The van der Waals surface area contributed by atoms with Crippen LogP contribution in [-0.2, 0) is 10.0 Å². The highest BCUT2D eigenvalue weighted by Gasteiger charge is 2.35. The predicted octanol–water partition coefficient (Wildman–Crippen LogP) is 0.933. The third kappa shape index (κ3) is 2.64. The lowest BCUT2D eigenvalue weighted by atomic mass is 10.2. The van der Waals surface area contributed by atoms with Gasteiger partial charge in [0, 0.05) is 18.1 Å². The number of rotatable bonds is 3. The molecule has 0 radical (unpaired) electrons. The number of benzene rings is 1. The standard InChI is InChI=1S/C11H11ClFNO5S/c12-6-3-8(11(16)17)10(13)9(4-6)20(18,19)14-2-1-7(15)5-14/h3-4,7,15H,1-2,5H2,(H,16,17). The number of aliphatic hydroxyl groups excluding tert-OH is 1. The van der Waals surface area contributed by atoms with Gasteiger partial charge in [-0.3, -0.25) is 0 Å². The van der Waals surface area contributed by atoms with Crippen LogP contribution in [0.5, 0.6) is 0 Å². The molecule has 1 atom stereocenters. The largest absolute Gasteiger partial charge is 0.478 e. The minimum absolute atomic E-state index is 0.0395. The molecule has 0 saturated carbocycles. The summed E-state index contributed by atoms with van der Waals surface area (Å²) in [6.45, 7) is -0.117. The van der Waals surface area contributed by atoms with Gasteiger partial charge in [0.05, 0.1) is 11.7 Å². The molecule has 110 valence electrons. The summed E-state index contributed by atoms with van der Waals surface area (Å²) in [6, 6.07) is 1.71. The minimum atomic E-state index is -4.23. The van der Waals surface area contributed by atoms with E-state index in [1.807, 2.05) is 0 Å². The van der Waals surface area contributed by atoms with Gasteiger partial charge in [-0.15, -0.1) is 0 Å². The van der Waals surface area contributed by atoms with Crippen molar-refractivity contribution in [2.45, 2.75) is 17.4 Å². The smallest absolute Gasteiger partial charge is 0.338 e. The van der Waals surface area contributed by atoms with E-state index in [9.17, 15) is 22.7 Å². The number of carboxylic acid groups (broad SMARTS) is 1. The third-order valence-electron chi connectivity index (χ3n) is 2.98.